The van der Waals surface area contributed by atoms with Crippen molar-refractivity contribution >= 4 is 45.7 Å². The molecule has 2 atom stereocenters. The number of rotatable bonds is 4. The SMILES string of the molecule is C[C@H](c1ccc(Cl)cc1Cl)n1cnc2c(F)cc(C3=CCN(C(=O)[C@H]4CCCCN4)CC3)cc21. The van der Waals surface area contributed by atoms with Crippen LogP contribution in [-0.4, -0.2) is 46.0 Å². The van der Waals surface area contributed by atoms with Gasteiger partial charge in [0.1, 0.15) is 5.52 Å². The van der Waals surface area contributed by atoms with E-state index < -0.39 is 0 Å². The number of fused-ring (bicyclic) bond motifs is 1. The van der Waals surface area contributed by atoms with Gasteiger partial charge in [-0.25, -0.2) is 9.37 Å². The van der Waals surface area contributed by atoms with E-state index in [9.17, 15) is 4.79 Å². The predicted octanol–water partition coefficient (Wildman–Crippen LogP) is 5.85. The summed E-state index contributed by atoms with van der Waals surface area (Å²) in [4.78, 5) is 19.1. The zero-order chi connectivity index (χ0) is 23.8. The van der Waals surface area contributed by atoms with Gasteiger partial charge in [-0.2, -0.15) is 0 Å². The van der Waals surface area contributed by atoms with Crippen molar-refractivity contribution in [3.8, 4) is 0 Å². The Labute approximate surface area is 208 Å². The van der Waals surface area contributed by atoms with Gasteiger partial charge in [-0.1, -0.05) is 41.8 Å². The lowest BCUT2D eigenvalue weighted by Crippen LogP contribution is -2.49. The van der Waals surface area contributed by atoms with Crippen LogP contribution in [0.3, 0.4) is 0 Å². The van der Waals surface area contributed by atoms with E-state index >= 15 is 4.39 Å². The van der Waals surface area contributed by atoms with Crippen LogP contribution in [0.25, 0.3) is 16.6 Å². The van der Waals surface area contributed by atoms with Crippen molar-refractivity contribution in [2.24, 2.45) is 0 Å². The zero-order valence-electron chi connectivity index (χ0n) is 19.0. The van der Waals surface area contributed by atoms with E-state index in [1.807, 2.05) is 34.6 Å². The Kier molecular flexibility index (Phi) is 6.65. The highest BCUT2D eigenvalue weighted by Gasteiger charge is 2.27. The van der Waals surface area contributed by atoms with Gasteiger partial charge < -0.3 is 14.8 Å². The molecular weight excluding hydrogens is 474 g/mol. The number of benzene rings is 2. The lowest BCUT2D eigenvalue weighted by Gasteiger charge is -2.32. The summed E-state index contributed by atoms with van der Waals surface area (Å²) in [6.45, 7) is 4.09. The Balaban J connectivity index is 1.41. The topological polar surface area (TPSA) is 50.2 Å². The molecule has 178 valence electrons. The molecule has 2 aromatic carbocycles. The van der Waals surface area contributed by atoms with Gasteiger partial charge >= 0.3 is 0 Å². The standard InChI is InChI=1S/C26H27Cl2FN4O/c1-16(20-6-5-19(27)14-21(20)28)33-15-31-25-22(29)12-18(13-24(25)33)17-7-10-32(11-8-17)26(34)23-4-2-3-9-30-23/h5-7,12-16,23,30H,2-4,8-11H2,1H3/t16-,23-/m1/s1. The number of carbonyl (C=O) groups excluding carboxylic acids is 1. The molecule has 0 unspecified atom stereocenters. The first-order valence-electron chi connectivity index (χ1n) is 11.7. The average molecular weight is 501 g/mol. The summed E-state index contributed by atoms with van der Waals surface area (Å²) < 4.78 is 17.0. The van der Waals surface area contributed by atoms with E-state index in [0.717, 1.165) is 42.5 Å². The van der Waals surface area contributed by atoms with Crippen LogP contribution < -0.4 is 5.32 Å². The van der Waals surface area contributed by atoms with Crippen LogP contribution in [0.4, 0.5) is 4.39 Å². The molecule has 0 bridgehead atoms. The molecular formula is C26H27Cl2FN4O. The van der Waals surface area contributed by atoms with Gasteiger partial charge in [0, 0.05) is 23.1 Å². The minimum absolute atomic E-state index is 0.0759. The van der Waals surface area contributed by atoms with Gasteiger partial charge in [0.15, 0.2) is 5.82 Å². The lowest BCUT2D eigenvalue weighted by atomic mass is 9.97. The molecule has 5 rings (SSSR count). The van der Waals surface area contributed by atoms with Crippen LogP contribution >= 0.6 is 23.2 Å². The maximum atomic E-state index is 15.0. The average Bonchev–Trinajstić information content (AvgIpc) is 3.28. The number of amides is 1. The number of halogens is 3. The molecule has 0 spiro atoms. The second-order valence-electron chi connectivity index (χ2n) is 9.09. The van der Waals surface area contributed by atoms with Crippen LogP contribution in [0.15, 0.2) is 42.7 Å². The third-order valence-corrected chi connectivity index (χ3v) is 7.52. The Morgan fingerprint density at radius 1 is 1.24 bits per heavy atom. The molecule has 3 aromatic rings. The molecule has 1 aromatic heterocycles. The molecule has 5 nitrogen and oxygen atoms in total. The smallest absolute Gasteiger partial charge is 0.239 e. The van der Waals surface area contributed by atoms with Crippen molar-refractivity contribution in [2.45, 2.75) is 44.7 Å². The van der Waals surface area contributed by atoms with E-state index in [-0.39, 0.29) is 23.8 Å². The van der Waals surface area contributed by atoms with Crippen molar-refractivity contribution < 1.29 is 9.18 Å². The van der Waals surface area contributed by atoms with E-state index in [1.54, 1.807) is 24.5 Å². The van der Waals surface area contributed by atoms with Crippen molar-refractivity contribution in [3.05, 3.63) is 69.7 Å². The maximum Gasteiger partial charge on any atom is 0.239 e. The number of hydrogen-bond donors (Lipinski definition) is 1. The number of hydrogen-bond acceptors (Lipinski definition) is 3. The minimum atomic E-state index is -0.355. The molecule has 1 amide bonds. The largest absolute Gasteiger partial charge is 0.337 e. The Morgan fingerprint density at radius 3 is 2.79 bits per heavy atom. The summed E-state index contributed by atoms with van der Waals surface area (Å²) in [7, 11) is 0. The normalized spacial score (nSPS) is 19.8. The Morgan fingerprint density at radius 2 is 2.09 bits per heavy atom. The summed E-state index contributed by atoms with van der Waals surface area (Å²) in [6.07, 6.45) is 7.50. The van der Waals surface area contributed by atoms with Crippen molar-refractivity contribution in [1.82, 2.24) is 19.8 Å². The zero-order valence-corrected chi connectivity index (χ0v) is 20.5. The highest BCUT2D eigenvalue weighted by molar-refractivity contribution is 6.35. The van der Waals surface area contributed by atoms with Gasteiger partial charge in [0.2, 0.25) is 5.91 Å². The number of nitrogens with one attached hydrogen (secondary N) is 1. The molecule has 1 fully saturated rings. The van der Waals surface area contributed by atoms with Crippen LogP contribution in [0, 0.1) is 5.82 Å². The first kappa shape index (κ1) is 23.3. The van der Waals surface area contributed by atoms with Crippen LogP contribution in [0.5, 0.6) is 0 Å². The summed E-state index contributed by atoms with van der Waals surface area (Å²) in [5.41, 5.74) is 3.80. The van der Waals surface area contributed by atoms with Crippen LogP contribution in [0.1, 0.15) is 49.8 Å². The Hall–Kier alpha value is -2.41. The molecule has 8 heteroatoms. The second kappa shape index (κ2) is 9.68. The van der Waals surface area contributed by atoms with E-state index in [4.69, 9.17) is 23.2 Å². The monoisotopic (exact) mass is 500 g/mol. The van der Waals surface area contributed by atoms with Crippen molar-refractivity contribution in [3.63, 3.8) is 0 Å². The molecule has 1 N–H and O–H groups in total. The van der Waals surface area contributed by atoms with E-state index in [0.29, 0.717) is 40.6 Å². The summed E-state index contributed by atoms with van der Waals surface area (Å²) in [5.74, 6) is -0.185. The third-order valence-electron chi connectivity index (χ3n) is 6.96. The fourth-order valence-electron chi connectivity index (χ4n) is 4.99. The summed E-state index contributed by atoms with van der Waals surface area (Å²) in [6, 6.07) is 8.70. The second-order valence-corrected chi connectivity index (χ2v) is 9.93. The lowest BCUT2D eigenvalue weighted by molar-refractivity contribution is -0.133. The fourth-order valence-corrected chi connectivity index (χ4v) is 5.56. The van der Waals surface area contributed by atoms with E-state index in [2.05, 4.69) is 10.3 Å². The van der Waals surface area contributed by atoms with E-state index in [1.165, 1.54) is 0 Å². The molecule has 0 aliphatic carbocycles. The Bertz CT molecular complexity index is 1270. The highest BCUT2D eigenvalue weighted by Crippen LogP contribution is 2.33. The van der Waals surface area contributed by atoms with Crippen LogP contribution in [-0.2, 0) is 4.79 Å². The minimum Gasteiger partial charge on any atom is -0.337 e. The van der Waals surface area contributed by atoms with Gasteiger partial charge in [-0.15, -0.1) is 0 Å². The molecule has 3 heterocycles. The molecule has 2 aliphatic rings. The first-order valence-corrected chi connectivity index (χ1v) is 12.5. The maximum absolute atomic E-state index is 15.0. The fraction of sp³-hybridized carbons (Fsp3) is 0.385. The number of imidazole rings is 1. The summed E-state index contributed by atoms with van der Waals surface area (Å²) in [5, 5.41) is 4.46. The molecule has 2 aliphatic heterocycles. The van der Waals surface area contributed by atoms with Gasteiger partial charge in [0.05, 0.1) is 23.9 Å². The van der Waals surface area contributed by atoms with Crippen molar-refractivity contribution in [2.75, 3.05) is 19.6 Å². The first-order chi connectivity index (χ1) is 16.4. The quantitative estimate of drug-likeness (QED) is 0.488. The number of aromatic nitrogens is 2. The van der Waals surface area contributed by atoms with Gasteiger partial charge in [-0.3, -0.25) is 4.79 Å². The molecule has 0 radical (unpaired) electrons. The third kappa shape index (κ3) is 4.47. The number of piperidine rings is 1. The molecule has 0 saturated carbocycles. The molecule has 34 heavy (non-hydrogen) atoms. The summed E-state index contributed by atoms with van der Waals surface area (Å²) >= 11 is 12.5. The predicted molar refractivity (Wildman–Crippen MR) is 135 cm³/mol. The van der Waals surface area contributed by atoms with Gasteiger partial charge in [-0.05, 0) is 73.7 Å². The van der Waals surface area contributed by atoms with Gasteiger partial charge in [0.25, 0.3) is 0 Å². The van der Waals surface area contributed by atoms with Crippen LogP contribution in [0.2, 0.25) is 10.0 Å². The molecule has 1 saturated heterocycles. The number of nitrogens with zero attached hydrogens (tertiary/aromatic N) is 3. The van der Waals surface area contributed by atoms with Crippen molar-refractivity contribution in [1.29, 1.82) is 0 Å². The highest BCUT2D eigenvalue weighted by atomic mass is 35.5. The number of carbonyl (C=O) groups is 1.